The van der Waals surface area contributed by atoms with Crippen LogP contribution in [0.15, 0.2) is 29.3 Å². The van der Waals surface area contributed by atoms with Gasteiger partial charge in [-0.15, -0.1) is 0 Å². The summed E-state index contributed by atoms with van der Waals surface area (Å²) in [5.41, 5.74) is -0.857. The van der Waals surface area contributed by atoms with Crippen molar-refractivity contribution in [1.82, 2.24) is 19.6 Å². The van der Waals surface area contributed by atoms with Crippen LogP contribution in [0.25, 0.3) is 16.9 Å². The Labute approximate surface area is 105 Å². The minimum absolute atomic E-state index is 0.114. The van der Waals surface area contributed by atoms with Crippen LogP contribution in [0.4, 0.5) is 8.78 Å². The zero-order valence-corrected chi connectivity index (χ0v) is 9.82. The van der Waals surface area contributed by atoms with E-state index in [4.69, 9.17) is 0 Å². The fraction of sp³-hybridized carbons (Fsp3) is 0.0833. The van der Waals surface area contributed by atoms with E-state index in [0.717, 1.165) is 16.6 Å². The van der Waals surface area contributed by atoms with Gasteiger partial charge < -0.3 is 0 Å². The molecule has 0 aliphatic carbocycles. The van der Waals surface area contributed by atoms with E-state index in [-0.39, 0.29) is 22.6 Å². The summed E-state index contributed by atoms with van der Waals surface area (Å²) in [5, 5.41) is 2.55. The molecule has 0 spiro atoms. The van der Waals surface area contributed by atoms with Crippen molar-refractivity contribution in [3.05, 3.63) is 52.2 Å². The number of aromatic nitrogens is 4. The molecule has 0 amide bonds. The summed E-state index contributed by atoms with van der Waals surface area (Å²) in [5.74, 6) is -1.45. The van der Waals surface area contributed by atoms with Gasteiger partial charge in [-0.05, 0) is 19.1 Å². The first-order valence-corrected chi connectivity index (χ1v) is 5.46. The number of hydrogen-bond acceptors (Lipinski definition) is 3. The maximum atomic E-state index is 13.8. The van der Waals surface area contributed by atoms with E-state index in [1.807, 2.05) is 0 Å². The highest BCUT2D eigenvalue weighted by Crippen LogP contribution is 2.25. The number of H-pyrrole nitrogens is 1. The summed E-state index contributed by atoms with van der Waals surface area (Å²) in [6.45, 7) is 1.51. The lowest BCUT2D eigenvalue weighted by Crippen LogP contribution is -2.20. The average molecular weight is 262 g/mol. The number of fused-ring (bicyclic) bond motifs is 1. The van der Waals surface area contributed by atoms with Crippen LogP contribution >= 0.6 is 0 Å². The van der Waals surface area contributed by atoms with E-state index < -0.39 is 17.2 Å². The van der Waals surface area contributed by atoms with Gasteiger partial charge in [0.25, 0.3) is 11.3 Å². The normalized spacial score (nSPS) is 11.1. The van der Waals surface area contributed by atoms with E-state index in [2.05, 4.69) is 15.1 Å². The van der Waals surface area contributed by atoms with Gasteiger partial charge in [-0.25, -0.2) is 18.7 Å². The first-order valence-electron chi connectivity index (χ1n) is 5.46. The predicted octanol–water partition coefficient (Wildman–Crippen LogP) is 1.67. The highest BCUT2D eigenvalue weighted by Gasteiger charge is 2.19. The van der Waals surface area contributed by atoms with E-state index in [1.165, 1.54) is 19.3 Å². The molecule has 0 bridgehead atoms. The molecule has 96 valence electrons. The number of rotatable bonds is 1. The van der Waals surface area contributed by atoms with E-state index in [1.54, 1.807) is 0 Å². The van der Waals surface area contributed by atoms with Crippen LogP contribution in [0.1, 0.15) is 5.69 Å². The molecule has 0 aliphatic heterocycles. The minimum Gasteiger partial charge on any atom is -0.278 e. The third-order valence-corrected chi connectivity index (χ3v) is 2.83. The molecule has 19 heavy (non-hydrogen) atoms. The molecule has 7 heteroatoms. The first-order chi connectivity index (χ1) is 9.09. The molecule has 0 aliphatic rings. The van der Waals surface area contributed by atoms with Crippen LogP contribution in [-0.4, -0.2) is 19.6 Å². The second kappa shape index (κ2) is 3.98. The first kappa shape index (κ1) is 11.5. The lowest BCUT2D eigenvalue weighted by atomic mass is 10.0. The molecule has 1 N–H and O–H groups in total. The lowest BCUT2D eigenvalue weighted by molar-refractivity contribution is 0.588. The Morgan fingerprint density at radius 2 is 1.89 bits per heavy atom. The van der Waals surface area contributed by atoms with Crippen molar-refractivity contribution in [3.8, 4) is 11.1 Å². The maximum Gasteiger partial charge on any atom is 0.282 e. The van der Waals surface area contributed by atoms with Gasteiger partial charge in [-0.1, -0.05) is 6.07 Å². The van der Waals surface area contributed by atoms with Crippen molar-refractivity contribution in [2.45, 2.75) is 6.92 Å². The zero-order chi connectivity index (χ0) is 13.6. The predicted molar refractivity (Wildman–Crippen MR) is 63.7 cm³/mol. The second-order valence-electron chi connectivity index (χ2n) is 4.00. The van der Waals surface area contributed by atoms with Crippen LogP contribution in [0.2, 0.25) is 0 Å². The molecule has 3 rings (SSSR count). The van der Waals surface area contributed by atoms with Gasteiger partial charge in [-0.2, -0.15) is 4.52 Å². The molecular weight excluding hydrogens is 254 g/mol. The molecule has 0 fully saturated rings. The lowest BCUT2D eigenvalue weighted by Gasteiger charge is -2.07. The van der Waals surface area contributed by atoms with Crippen LogP contribution in [0, 0.1) is 18.6 Å². The topological polar surface area (TPSA) is 63.1 Å². The number of nitrogens with zero attached hydrogens (tertiary/aromatic N) is 3. The number of nitrogens with one attached hydrogen (secondary N) is 1. The van der Waals surface area contributed by atoms with Crippen molar-refractivity contribution in [3.63, 3.8) is 0 Å². The summed E-state index contributed by atoms with van der Waals surface area (Å²) in [4.78, 5) is 20.1. The number of benzene rings is 1. The number of aryl methyl sites for hydroxylation is 1. The third-order valence-electron chi connectivity index (χ3n) is 2.83. The summed E-state index contributed by atoms with van der Waals surface area (Å²) >= 11 is 0. The van der Waals surface area contributed by atoms with Crippen LogP contribution in [0.5, 0.6) is 0 Å². The maximum absolute atomic E-state index is 13.8. The Morgan fingerprint density at radius 1 is 1.21 bits per heavy atom. The Morgan fingerprint density at radius 3 is 2.58 bits per heavy atom. The molecule has 2 heterocycles. The molecule has 0 unspecified atom stereocenters. The second-order valence-corrected chi connectivity index (χ2v) is 4.00. The van der Waals surface area contributed by atoms with Gasteiger partial charge in [-0.3, -0.25) is 9.89 Å². The summed E-state index contributed by atoms with van der Waals surface area (Å²) in [6, 6.07) is 3.43. The quantitative estimate of drug-likeness (QED) is 0.725. The molecular formula is C12H8F2N4O. The molecule has 0 atom stereocenters. The molecule has 0 saturated carbocycles. The monoisotopic (exact) mass is 262 g/mol. The standard InChI is InChI=1S/C12H8F2N4O/c1-6-9(10-7(13)3-2-4-8(10)14)11(19)18-12(17-6)15-5-16-18/h2-5H,1H3,(H,15,16,17). The molecule has 0 saturated heterocycles. The Balaban J connectivity index is 2.46. The fourth-order valence-corrected chi connectivity index (χ4v) is 1.99. The number of halogens is 2. The smallest absolute Gasteiger partial charge is 0.278 e. The molecule has 2 aromatic heterocycles. The molecule has 3 aromatic rings. The molecule has 5 nitrogen and oxygen atoms in total. The Hall–Kier alpha value is -2.57. The zero-order valence-electron chi connectivity index (χ0n) is 9.82. The molecule has 1 aromatic carbocycles. The highest BCUT2D eigenvalue weighted by molar-refractivity contribution is 5.67. The van der Waals surface area contributed by atoms with E-state index >= 15 is 0 Å². The van der Waals surface area contributed by atoms with Gasteiger partial charge >= 0.3 is 0 Å². The van der Waals surface area contributed by atoms with Crippen molar-refractivity contribution in [1.29, 1.82) is 0 Å². The van der Waals surface area contributed by atoms with Gasteiger partial charge in [0.05, 0.1) is 16.8 Å². The minimum atomic E-state index is -0.804. The van der Waals surface area contributed by atoms with Crippen molar-refractivity contribution >= 4 is 5.78 Å². The summed E-state index contributed by atoms with van der Waals surface area (Å²) < 4.78 is 28.6. The fourth-order valence-electron chi connectivity index (χ4n) is 1.99. The average Bonchev–Trinajstić information content (AvgIpc) is 2.81. The Kier molecular flexibility index (Phi) is 2.41. The number of hydrogen-bond donors (Lipinski definition) is 1. The third kappa shape index (κ3) is 1.62. The highest BCUT2D eigenvalue weighted by atomic mass is 19.1. The van der Waals surface area contributed by atoms with Gasteiger partial charge in [0.1, 0.15) is 18.0 Å². The van der Waals surface area contributed by atoms with Crippen molar-refractivity contribution < 1.29 is 8.78 Å². The van der Waals surface area contributed by atoms with Crippen LogP contribution in [-0.2, 0) is 0 Å². The Bertz CT molecular complexity index is 817. The van der Waals surface area contributed by atoms with E-state index in [0.29, 0.717) is 0 Å². The van der Waals surface area contributed by atoms with Crippen molar-refractivity contribution in [2.24, 2.45) is 0 Å². The van der Waals surface area contributed by atoms with Crippen molar-refractivity contribution in [2.75, 3.05) is 0 Å². The number of aromatic amines is 1. The van der Waals surface area contributed by atoms with E-state index in [9.17, 15) is 13.6 Å². The van der Waals surface area contributed by atoms with Crippen LogP contribution in [0.3, 0.4) is 0 Å². The molecule has 0 radical (unpaired) electrons. The van der Waals surface area contributed by atoms with Gasteiger partial charge in [0.2, 0.25) is 0 Å². The summed E-state index contributed by atoms with van der Waals surface area (Å²) in [7, 11) is 0. The van der Waals surface area contributed by atoms with Crippen LogP contribution < -0.4 is 5.56 Å². The SMILES string of the molecule is Cc1nc2nc[nH]n2c(=O)c1-c1c(F)cccc1F. The summed E-state index contributed by atoms with van der Waals surface area (Å²) in [6.07, 6.45) is 1.28. The van der Waals surface area contributed by atoms with Gasteiger partial charge in [0, 0.05) is 0 Å². The van der Waals surface area contributed by atoms with Gasteiger partial charge in [0.15, 0.2) is 0 Å². The largest absolute Gasteiger partial charge is 0.282 e.